The maximum atomic E-state index is 9.33. The highest BCUT2D eigenvalue weighted by Gasteiger charge is 2.13. The van der Waals surface area contributed by atoms with Gasteiger partial charge in [0.25, 0.3) is 0 Å². The minimum Gasteiger partial charge on any atom is -0.508 e. The minimum absolute atomic E-state index is 0.481. The number of fused-ring (bicyclic) bond motifs is 2. The normalized spacial score (nSPS) is 14.7. The van der Waals surface area contributed by atoms with E-state index in [1.807, 2.05) is 19.9 Å². The number of methoxy groups -OCH3 is 1. The number of aromatic hydroxyl groups is 1. The predicted octanol–water partition coefficient (Wildman–Crippen LogP) is 5.87. The number of rotatable bonds is 1. The van der Waals surface area contributed by atoms with Crippen LogP contribution in [0.15, 0.2) is 36.4 Å². The summed E-state index contributed by atoms with van der Waals surface area (Å²) in [6.45, 7) is 4.00. The van der Waals surface area contributed by atoms with Crippen LogP contribution in [0.4, 0.5) is 0 Å². The first-order valence-electron chi connectivity index (χ1n) is 9.74. The molecule has 0 spiro atoms. The molecule has 2 aliphatic carbocycles. The number of aryl methyl sites for hydroxylation is 2. The van der Waals surface area contributed by atoms with Gasteiger partial charge in [-0.15, -0.1) is 0 Å². The van der Waals surface area contributed by atoms with E-state index in [0.717, 1.165) is 18.6 Å². The fraction of sp³-hybridized carbons (Fsp3) is 0.478. The monoisotopic (exact) mass is 340 g/mol. The number of phenolic OH excluding ortho intramolecular Hbond substituents is 1. The summed E-state index contributed by atoms with van der Waals surface area (Å²) in [5, 5.41) is 9.33. The predicted molar refractivity (Wildman–Crippen MR) is 106 cm³/mol. The summed E-state index contributed by atoms with van der Waals surface area (Å²) in [5.41, 5.74) is 5.45. The third-order valence-electron chi connectivity index (χ3n) is 4.94. The zero-order chi connectivity index (χ0) is 18.1. The molecule has 0 radical (unpaired) electrons. The summed E-state index contributed by atoms with van der Waals surface area (Å²) >= 11 is 0. The molecule has 0 bridgehead atoms. The van der Waals surface area contributed by atoms with Crippen molar-refractivity contribution < 1.29 is 9.84 Å². The first kappa shape index (κ1) is 19.4. The molecule has 0 fully saturated rings. The molecule has 0 aromatic heterocycles. The Morgan fingerprint density at radius 1 is 0.720 bits per heavy atom. The van der Waals surface area contributed by atoms with Crippen LogP contribution >= 0.6 is 0 Å². The van der Waals surface area contributed by atoms with Crippen LogP contribution in [0.25, 0.3) is 0 Å². The molecule has 0 saturated carbocycles. The largest absolute Gasteiger partial charge is 0.508 e. The Morgan fingerprint density at radius 3 is 2.04 bits per heavy atom. The van der Waals surface area contributed by atoms with Crippen LogP contribution in [0.3, 0.4) is 0 Å². The number of hydrogen-bond acceptors (Lipinski definition) is 2. The van der Waals surface area contributed by atoms with Crippen molar-refractivity contribution in [3.05, 3.63) is 58.7 Å². The summed E-state index contributed by atoms with van der Waals surface area (Å²) in [6.07, 6.45) is 9.83. The second-order valence-corrected chi connectivity index (χ2v) is 6.43. The quantitative estimate of drug-likeness (QED) is 0.658. The van der Waals surface area contributed by atoms with Crippen molar-refractivity contribution in [3.63, 3.8) is 0 Å². The maximum Gasteiger partial charge on any atom is 0.122 e. The second-order valence-electron chi connectivity index (χ2n) is 6.43. The lowest BCUT2D eigenvalue weighted by Gasteiger charge is -2.10. The van der Waals surface area contributed by atoms with Crippen molar-refractivity contribution in [2.24, 2.45) is 0 Å². The molecule has 4 rings (SSSR count). The van der Waals surface area contributed by atoms with E-state index in [4.69, 9.17) is 4.74 Å². The van der Waals surface area contributed by atoms with Gasteiger partial charge in [-0.3, -0.25) is 0 Å². The van der Waals surface area contributed by atoms with E-state index in [9.17, 15) is 5.11 Å². The van der Waals surface area contributed by atoms with Crippen LogP contribution in [-0.2, 0) is 25.7 Å². The number of phenols is 1. The Kier molecular flexibility index (Phi) is 7.84. The smallest absolute Gasteiger partial charge is 0.122 e. The third-order valence-corrected chi connectivity index (χ3v) is 4.94. The highest BCUT2D eigenvalue weighted by molar-refractivity contribution is 5.42. The lowest BCUT2D eigenvalue weighted by molar-refractivity contribution is 0.409. The van der Waals surface area contributed by atoms with Crippen LogP contribution in [0.1, 0.15) is 61.8 Å². The highest BCUT2D eigenvalue weighted by Crippen LogP contribution is 2.29. The molecule has 0 aliphatic heterocycles. The Labute approximate surface area is 152 Å². The Balaban J connectivity index is 0.000000168. The molecule has 2 nitrogen and oxygen atoms in total. The summed E-state index contributed by atoms with van der Waals surface area (Å²) in [5.74, 6) is 1.56. The van der Waals surface area contributed by atoms with Gasteiger partial charge in [-0.05, 0) is 79.3 Å². The fourth-order valence-corrected chi connectivity index (χ4v) is 3.71. The van der Waals surface area contributed by atoms with Crippen LogP contribution < -0.4 is 4.74 Å². The zero-order valence-electron chi connectivity index (χ0n) is 16.0. The number of hydrogen-bond donors (Lipinski definition) is 1. The van der Waals surface area contributed by atoms with E-state index in [2.05, 4.69) is 24.3 Å². The molecule has 2 aromatic carbocycles. The molecule has 2 aromatic rings. The van der Waals surface area contributed by atoms with Gasteiger partial charge >= 0.3 is 0 Å². The van der Waals surface area contributed by atoms with Crippen molar-refractivity contribution >= 4 is 0 Å². The van der Waals surface area contributed by atoms with Crippen molar-refractivity contribution in [1.82, 2.24) is 0 Å². The molecule has 0 amide bonds. The van der Waals surface area contributed by atoms with Crippen molar-refractivity contribution in [2.75, 3.05) is 7.11 Å². The van der Waals surface area contributed by atoms with Crippen molar-refractivity contribution in [1.29, 1.82) is 0 Å². The summed E-state index contributed by atoms with van der Waals surface area (Å²) in [7, 11) is 1.76. The average molecular weight is 341 g/mol. The first-order valence-corrected chi connectivity index (χ1v) is 9.74. The second kappa shape index (κ2) is 10.1. The molecular weight excluding hydrogens is 308 g/mol. The van der Waals surface area contributed by atoms with Gasteiger partial charge in [0.2, 0.25) is 0 Å². The molecule has 2 heteroatoms. The molecule has 1 N–H and O–H groups in total. The molecule has 0 heterocycles. The maximum absolute atomic E-state index is 9.33. The zero-order valence-corrected chi connectivity index (χ0v) is 16.0. The highest BCUT2D eigenvalue weighted by atomic mass is 16.5. The molecule has 0 atom stereocenters. The van der Waals surface area contributed by atoms with Gasteiger partial charge in [0, 0.05) is 0 Å². The van der Waals surface area contributed by atoms with E-state index < -0.39 is 0 Å². The molecular formula is C23H32O2. The summed E-state index contributed by atoms with van der Waals surface area (Å²) < 4.78 is 5.37. The lowest BCUT2D eigenvalue weighted by atomic mass is 10.0. The third kappa shape index (κ3) is 5.01. The molecule has 25 heavy (non-hydrogen) atoms. The summed E-state index contributed by atoms with van der Waals surface area (Å²) in [4.78, 5) is 0. The van der Waals surface area contributed by atoms with E-state index in [0.29, 0.717) is 5.75 Å². The van der Waals surface area contributed by atoms with Gasteiger partial charge in [-0.2, -0.15) is 0 Å². The first-order chi connectivity index (χ1) is 12.3. The fourth-order valence-electron chi connectivity index (χ4n) is 3.71. The standard InChI is InChI=1S/C12H16O.C9H10O.C2H6/c1-13-12-9-5-7-10-6-3-2-4-8-11(10)12;10-9-6-2-4-7-3-1-5-8(7)9;1-2/h5,7,9H,2-4,6,8H2,1H3;2,4,6,10H,1,3,5H2;1-2H3. The number of benzene rings is 2. The Morgan fingerprint density at radius 2 is 1.32 bits per heavy atom. The number of ether oxygens (including phenoxy) is 1. The van der Waals surface area contributed by atoms with Crippen LogP contribution in [0, 0.1) is 0 Å². The van der Waals surface area contributed by atoms with Crippen molar-refractivity contribution in [3.8, 4) is 11.5 Å². The minimum atomic E-state index is 0.481. The Bertz CT molecular complexity index is 661. The molecule has 2 aliphatic rings. The van der Waals surface area contributed by atoms with Gasteiger partial charge in [0.15, 0.2) is 0 Å². The van der Waals surface area contributed by atoms with E-state index in [1.165, 1.54) is 60.8 Å². The molecule has 0 unspecified atom stereocenters. The lowest BCUT2D eigenvalue weighted by Crippen LogP contribution is -1.95. The van der Waals surface area contributed by atoms with Crippen LogP contribution in [-0.4, -0.2) is 12.2 Å². The van der Waals surface area contributed by atoms with Gasteiger partial charge in [-0.1, -0.05) is 44.5 Å². The van der Waals surface area contributed by atoms with Gasteiger partial charge in [0.1, 0.15) is 11.5 Å². The van der Waals surface area contributed by atoms with Gasteiger partial charge in [0.05, 0.1) is 7.11 Å². The molecule has 0 saturated heterocycles. The summed E-state index contributed by atoms with van der Waals surface area (Å²) in [6, 6.07) is 12.2. The van der Waals surface area contributed by atoms with E-state index in [-0.39, 0.29) is 0 Å². The SMILES string of the molecule is CC.COc1cccc2c1CCCCC2.Oc1cccc2c1CCC2. The average Bonchev–Trinajstić information content (AvgIpc) is 3.02. The topological polar surface area (TPSA) is 29.5 Å². The van der Waals surface area contributed by atoms with Crippen LogP contribution in [0.2, 0.25) is 0 Å². The van der Waals surface area contributed by atoms with Crippen LogP contribution in [0.5, 0.6) is 11.5 Å². The van der Waals surface area contributed by atoms with Crippen molar-refractivity contribution in [2.45, 2.75) is 65.2 Å². The van der Waals surface area contributed by atoms with E-state index >= 15 is 0 Å². The van der Waals surface area contributed by atoms with E-state index in [1.54, 1.807) is 13.2 Å². The Hall–Kier alpha value is -1.96. The van der Waals surface area contributed by atoms with Gasteiger partial charge < -0.3 is 9.84 Å². The van der Waals surface area contributed by atoms with Gasteiger partial charge in [-0.25, -0.2) is 0 Å². The molecule has 136 valence electrons.